The predicted octanol–water partition coefficient (Wildman–Crippen LogP) is 2.54. The van der Waals surface area contributed by atoms with Crippen LogP contribution in [0.2, 0.25) is 0 Å². The number of aromatic nitrogens is 1. The number of nitro groups is 1. The van der Waals surface area contributed by atoms with Gasteiger partial charge >= 0.3 is 6.03 Å². The summed E-state index contributed by atoms with van der Waals surface area (Å²) in [4.78, 5) is 23.9. The molecule has 2 amide bonds. The molecule has 0 spiro atoms. The van der Waals surface area contributed by atoms with Crippen LogP contribution in [0.25, 0.3) is 0 Å². The first-order valence-electron chi connectivity index (χ1n) is 7.02. The number of hydrogen-bond acceptors (Lipinski definition) is 5. The molecule has 0 fully saturated rings. The van der Waals surface area contributed by atoms with E-state index >= 15 is 0 Å². The van der Waals surface area contributed by atoms with E-state index in [0.29, 0.717) is 17.9 Å². The summed E-state index contributed by atoms with van der Waals surface area (Å²) < 4.78 is 5.07. The highest BCUT2D eigenvalue weighted by molar-refractivity contribution is 5.73. The molecule has 0 bridgehead atoms. The molecule has 1 aromatic carbocycles. The number of hydrogen-bond donors (Lipinski definition) is 1. The van der Waals surface area contributed by atoms with E-state index < -0.39 is 4.92 Å². The molecule has 1 aromatic heterocycles. The van der Waals surface area contributed by atoms with Gasteiger partial charge in [0.15, 0.2) is 0 Å². The molecule has 8 nitrogen and oxygen atoms in total. The first-order valence-corrected chi connectivity index (χ1v) is 7.02. The summed E-state index contributed by atoms with van der Waals surface area (Å²) in [6.07, 6.45) is 0. The molecular weight excluding hydrogens is 300 g/mol. The topological polar surface area (TPSA) is 102 Å². The van der Waals surface area contributed by atoms with Gasteiger partial charge in [-0.15, -0.1) is 0 Å². The number of benzene rings is 1. The van der Waals surface area contributed by atoms with Gasteiger partial charge in [0.05, 0.1) is 17.2 Å². The van der Waals surface area contributed by atoms with E-state index in [9.17, 15) is 14.9 Å². The summed E-state index contributed by atoms with van der Waals surface area (Å²) in [5, 5.41) is 17.3. The van der Waals surface area contributed by atoms with Crippen LogP contribution in [0, 0.1) is 24.0 Å². The molecule has 1 N–H and O–H groups in total. The maximum Gasteiger partial charge on any atom is 0.317 e. The van der Waals surface area contributed by atoms with Crippen LogP contribution in [-0.4, -0.2) is 28.1 Å². The second-order valence-electron chi connectivity index (χ2n) is 5.24. The zero-order valence-electron chi connectivity index (χ0n) is 13.2. The molecule has 2 rings (SSSR count). The van der Waals surface area contributed by atoms with Gasteiger partial charge in [-0.1, -0.05) is 17.3 Å². The second kappa shape index (κ2) is 6.91. The van der Waals surface area contributed by atoms with E-state index in [1.807, 2.05) is 6.92 Å². The number of carbonyl (C=O) groups is 1. The van der Waals surface area contributed by atoms with Crippen molar-refractivity contribution in [3.05, 3.63) is 57.0 Å². The summed E-state index contributed by atoms with van der Waals surface area (Å²) in [7, 11) is 1.66. The van der Waals surface area contributed by atoms with Gasteiger partial charge in [-0.05, 0) is 19.4 Å². The van der Waals surface area contributed by atoms with Crippen molar-refractivity contribution in [3.8, 4) is 0 Å². The number of aryl methyl sites for hydroxylation is 2. The van der Waals surface area contributed by atoms with Crippen molar-refractivity contribution in [1.82, 2.24) is 15.4 Å². The lowest BCUT2D eigenvalue weighted by atomic mass is 10.2. The van der Waals surface area contributed by atoms with Gasteiger partial charge in [0.25, 0.3) is 5.69 Å². The minimum Gasteiger partial charge on any atom is -0.361 e. The van der Waals surface area contributed by atoms with Crippen LogP contribution in [0.3, 0.4) is 0 Å². The SMILES string of the molecule is Cc1noc(C)c1CN(C)C(=O)NCc1cccc([N+](=O)[O-])c1. The number of nitrogens with one attached hydrogen (secondary N) is 1. The summed E-state index contributed by atoms with van der Waals surface area (Å²) >= 11 is 0. The van der Waals surface area contributed by atoms with E-state index in [0.717, 1.165) is 11.3 Å². The highest BCUT2D eigenvalue weighted by atomic mass is 16.6. The van der Waals surface area contributed by atoms with Gasteiger partial charge in [0.2, 0.25) is 0 Å². The molecule has 0 radical (unpaired) electrons. The molecule has 0 aliphatic heterocycles. The number of amides is 2. The van der Waals surface area contributed by atoms with Crippen LogP contribution in [0.1, 0.15) is 22.6 Å². The Morgan fingerprint density at radius 1 is 1.43 bits per heavy atom. The molecule has 0 saturated carbocycles. The fraction of sp³-hybridized carbons (Fsp3) is 0.333. The van der Waals surface area contributed by atoms with E-state index in [-0.39, 0.29) is 18.3 Å². The van der Waals surface area contributed by atoms with Gasteiger partial charge in [0.1, 0.15) is 5.76 Å². The van der Waals surface area contributed by atoms with E-state index in [4.69, 9.17) is 4.52 Å². The Labute approximate surface area is 133 Å². The van der Waals surface area contributed by atoms with Crippen LogP contribution in [0.4, 0.5) is 10.5 Å². The smallest absolute Gasteiger partial charge is 0.317 e. The summed E-state index contributed by atoms with van der Waals surface area (Å²) in [6, 6.07) is 5.88. The van der Waals surface area contributed by atoms with Crippen LogP contribution >= 0.6 is 0 Å². The van der Waals surface area contributed by atoms with Gasteiger partial charge in [0, 0.05) is 31.3 Å². The standard InChI is InChI=1S/C15H18N4O4/c1-10-14(11(2)23-17-10)9-18(3)15(20)16-8-12-5-4-6-13(7-12)19(21)22/h4-7H,8-9H2,1-3H3,(H,16,20). The van der Waals surface area contributed by atoms with E-state index in [2.05, 4.69) is 10.5 Å². The van der Waals surface area contributed by atoms with Crippen molar-refractivity contribution < 1.29 is 14.2 Å². The zero-order chi connectivity index (χ0) is 17.0. The maximum absolute atomic E-state index is 12.1. The summed E-state index contributed by atoms with van der Waals surface area (Å²) in [5.74, 6) is 0.681. The molecule has 122 valence electrons. The quantitative estimate of drug-likeness (QED) is 0.674. The highest BCUT2D eigenvalue weighted by Gasteiger charge is 2.15. The second-order valence-corrected chi connectivity index (χ2v) is 5.24. The number of nitrogens with zero attached hydrogens (tertiary/aromatic N) is 3. The number of urea groups is 1. The largest absolute Gasteiger partial charge is 0.361 e. The van der Waals surface area contributed by atoms with Crippen molar-refractivity contribution >= 4 is 11.7 Å². The van der Waals surface area contributed by atoms with E-state index in [1.54, 1.807) is 26.1 Å². The predicted molar refractivity (Wildman–Crippen MR) is 82.8 cm³/mol. The third kappa shape index (κ3) is 4.06. The Kier molecular flexibility index (Phi) is 4.95. The van der Waals surface area contributed by atoms with Crippen molar-refractivity contribution in [3.63, 3.8) is 0 Å². The fourth-order valence-corrected chi connectivity index (χ4v) is 2.13. The molecule has 0 atom stereocenters. The molecule has 0 aliphatic carbocycles. The van der Waals surface area contributed by atoms with Gasteiger partial charge in [-0.25, -0.2) is 4.79 Å². The minimum atomic E-state index is -0.463. The van der Waals surface area contributed by atoms with Crippen molar-refractivity contribution in [2.24, 2.45) is 0 Å². The molecule has 0 saturated heterocycles. The van der Waals surface area contributed by atoms with Gasteiger partial charge < -0.3 is 14.7 Å². The van der Waals surface area contributed by atoms with Gasteiger partial charge in [-0.2, -0.15) is 0 Å². The molecule has 2 aromatic rings. The molecule has 23 heavy (non-hydrogen) atoms. The lowest BCUT2D eigenvalue weighted by Crippen LogP contribution is -2.36. The number of carbonyl (C=O) groups excluding carboxylic acids is 1. The zero-order valence-corrected chi connectivity index (χ0v) is 13.2. The van der Waals surface area contributed by atoms with Crippen LogP contribution in [-0.2, 0) is 13.1 Å². The third-order valence-electron chi connectivity index (χ3n) is 3.49. The lowest BCUT2D eigenvalue weighted by molar-refractivity contribution is -0.384. The van der Waals surface area contributed by atoms with Crippen molar-refractivity contribution in [2.45, 2.75) is 26.9 Å². The number of nitro benzene ring substituents is 1. The van der Waals surface area contributed by atoms with Crippen LogP contribution in [0.15, 0.2) is 28.8 Å². The molecular formula is C15H18N4O4. The molecule has 0 unspecified atom stereocenters. The molecule has 0 aliphatic rings. The lowest BCUT2D eigenvalue weighted by Gasteiger charge is -2.17. The Morgan fingerprint density at radius 2 is 2.17 bits per heavy atom. The Hall–Kier alpha value is -2.90. The Morgan fingerprint density at radius 3 is 2.78 bits per heavy atom. The summed E-state index contributed by atoms with van der Waals surface area (Å²) in [5.41, 5.74) is 2.29. The fourth-order valence-electron chi connectivity index (χ4n) is 2.13. The first-order chi connectivity index (χ1) is 10.9. The monoisotopic (exact) mass is 318 g/mol. The Balaban J connectivity index is 1.94. The third-order valence-corrected chi connectivity index (χ3v) is 3.49. The summed E-state index contributed by atoms with van der Waals surface area (Å²) in [6.45, 7) is 4.21. The number of rotatable bonds is 5. The van der Waals surface area contributed by atoms with Crippen LogP contribution in [0.5, 0.6) is 0 Å². The average Bonchev–Trinajstić information content (AvgIpc) is 2.84. The van der Waals surface area contributed by atoms with Crippen molar-refractivity contribution in [2.75, 3.05) is 7.05 Å². The highest BCUT2D eigenvalue weighted by Crippen LogP contribution is 2.15. The maximum atomic E-state index is 12.1. The molecule has 1 heterocycles. The minimum absolute atomic E-state index is 0.000764. The average molecular weight is 318 g/mol. The normalized spacial score (nSPS) is 10.4. The molecule has 8 heteroatoms. The first kappa shape index (κ1) is 16.5. The van der Waals surface area contributed by atoms with E-state index in [1.165, 1.54) is 17.0 Å². The Bertz CT molecular complexity index is 707. The van der Waals surface area contributed by atoms with Crippen molar-refractivity contribution in [1.29, 1.82) is 0 Å². The number of non-ortho nitro benzene ring substituents is 1. The van der Waals surface area contributed by atoms with Crippen LogP contribution < -0.4 is 5.32 Å². The van der Waals surface area contributed by atoms with Gasteiger partial charge in [-0.3, -0.25) is 10.1 Å².